The molecule has 0 unspecified atom stereocenters. The lowest BCUT2D eigenvalue weighted by Gasteiger charge is -2.33. The van der Waals surface area contributed by atoms with Crippen LogP contribution in [0.15, 0.2) is 33.9 Å². The van der Waals surface area contributed by atoms with Crippen molar-refractivity contribution < 1.29 is 4.79 Å². The molecule has 0 bridgehead atoms. The van der Waals surface area contributed by atoms with E-state index >= 15 is 0 Å². The number of aromatic nitrogens is 4. The molecule has 1 aromatic carbocycles. The van der Waals surface area contributed by atoms with Gasteiger partial charge in [0.25, 0.3) is 9.47 Å². The van der Waals surface area contributed by atoms with Crippen molar-refractivity contribution in [2.24, 2.45) is 14.1 Å². The second kappa shape index (κ2) is 8.58. The van der Waals surface area contributed by atoms with Crippen molar-refractivity contribution in [2.75, 3.05) is 26.2 Å². The molecular weight excluding hydrogens is 511 g/mol. The predicted molar refractivity (Wildman–Crippen MR) is 127 cm³/mol. The highest BCUT2D eigenvalue weighted by atomic mass is 127. The van der Waals surface area contributed by atoms with Gasteiger partial charge in [-0.05, 0) is 12.5 Å². The van der Waals surface area contributed by atoms with E-state index in [2.05, 4.69) is 11.0 Å². The molecule has 0 radical (unpaired) electrons. The zero-order chi connectivity index (χ0) is 22.3. The number of imidazole rings is 1. The lowest BCUT2D eigenvalue weighted by atomic mass is 10.1. The number of rotatable bonds is 4. The van der Waals surface area contributed by atoms with Crippen molar-refractivity contribution in [1.29, 1.82) is 0 Å². The van der Waals surface area contributed by atoms with Crippen molar-refractivity contribution in [2.45, 2.75) is 20.0 Å². The van der Waals surface area contributed by atoms with Crippen LogP contribution in [0.25, 0.3) is 11.2 Å². The van der Waals surface area contributed by atoms with E-state index in [-0.39, 0.29) is 9.47 Å². The Bertz CT molecular complexity index is 1270. The second-order valence-corrected chi connectivity index (χ2v) is 8.92. The Labute approximate surface area is 193 Å². The van der Waals surface area contributed by atoms with E-state index in [1.807, 2.05) is 57.2 Å². The molecule has 1 aliphatic heterocycles. The molecule has 1 amide bonds. The smallest absolute Gasteiger partial charge is 0.332 e. The minimum Gasteiger partial charge on any atom is -0.332 e. The fraction of sp³-hybridized carbons (Fsp3) is 0.429. The van der Waals surface area contributed by atoms with Crippen LogP contribution in [0, 0.1) is 6.92 Å². The Hall–Kier alpha value is -2.47. The number of hydrogen-bond donors (Lipinski definition) is 0. The van der Waals surface area contributed by atoms with Crippen molar-refractivity contribution >= 4 is 37.7 Å². The molecule has 1 aliphatic rings. The fourth-order valence-corrected chi connectivity index (χ4v) is 4.54. The van der Waals surface area contributed by atoms with Gasteiger partial charge < -0.3 is 9.47 Å². The van der Waals surface area contributed by atoms with Gasteiger partial charge in [0.05, 0.1) is 6.54 Å². The summed E-state index contributed by atoms with van der Waals surface area (Å²) < 4.78 is 4.55. The van der Waals surface area contributed by atoms with Gasteiger partial charge in [-0.25, -0.2) is 9.78 Å². The Morgan fingerprint density at radius 1 is 1.06 bits per heavy atom. The molecule has 3 aromatic rings. The monoisotopic (exact) mass is 536 g/mol. The Balaban J connectivity index is 1.78. The van der Waals surface area contributed by atoms with Gasteiger partial charge in [-0.15, -0.1) is 0 Å². The van der Waals surface area contributed by atoms with Crippen LogP contribution in [-0.2, 0) is 27.2 Å². The number of aryl methyl sites for hydroxylation is 2. The number of amides is 1. The molecular formula is C21H25IN6O3. The first-order valence-corrected chi connectivity index (χ1v) is 11.2. The number of nitrogens with zero attached hydrogens (tertiary/aromatic N) is 6. The number of piperazine rings is 1. The molecule has 3 heterocycles. The van der Waals surface area contributed by atoms with E-state index in [1.165, 1.54) is 11.6 Å². The summed E-state index contributed by atoms with van der Waals surface area (Å²) in [6.45, 7) is 5.88. The third-order valence-corrected chi connectivity index (χ3v) is 6.52. The zero-order valence-electron chi connectivity index (χ0n) is 17.8. The quantitative estimate of drug-likeness (QED) is 0.287. The van der Waals surface area contributed by atoms with Crippen LogP contribution < -0.4 is 11.2 Å². The maximum atomic E-state index is 13.0. The van der Waals surface area contributed by atoms with E-state index in [1.54, 1.807) is 7.05 Å². The van der Waals surface area contributed by atoms with Crippen molar-refractivity contribution in [3.05, 3.63) is 62.1 Å². The Kier molecular flexibility index (Phi) is 6.02. The Morgan fingerprint density at radius 2 is 1.77 bits per heavy atom. The molecule has 0 N–H and O–H groups in total. The maximum absolute atomic E-state index is 13.0. The average molecular weight is 536 g/mol. The lowest BCUT2D eigenvalue weighted by Crippen LogP contribution is -2.46. The number of fused-ring (bicyclic) bond motifs is 1. The van der Waals surface area contributed by atoms with Crippen molar-refractivity contribution in [1.82, 2.24) is 28.5 Å². The average Bonchev–Trinajstić information content (AvgIpc) is 3.09. The second-order valence-electron chi connectivity index (χ2n) is 8.00. The van der Waals surface area contributed by atoms with Gasteiger partial charge in [-0.3, -0.25) is 23.6 Å². The highest BCUT2D eigenvalue weighted by Gasteiger charge is 2.24. The number of carbonyl (C=O) groups excluding carboxylic acids is 1. The highest BCUT2D eigenvalue weighted by molar-refractivity contribution is 14.1. The maximum Gasteiger partial charge on any atom is 0.332 e. The molecule has 1 fully saturated rings. The summed E-state index contributed by atoms with van der Waals surface area (Å²) in [6.07, 6.45) is 0. The van der Waals surface area contributed by atoms with Gasteiger partial charge in [-0.1, -0.05) is 29.8 Å². The zero-order valence-corrected chi connectivity index (χ0v) is 20.0. The summed E-state index contributed by atoms with van der Waals surface area (Å²) in [5.74, 6) is 0.740. The highest BCUT2D eigenvalue weighted by Crippen LogP contribution is 2.18. The number of hydrogen-bond acceptors (Lipinski definition) is 5. The standard InChI is InChI=1S/C21H25IN6O3/c1-14-5-4-6-15(11-14)12-28-16(13-26-7-9-27(10-8-26)20(22)30)23-18-17(28)19(29)25(3)21(31)24(18)2/h4-6,11H,7-10,12-13H2,1-3H3. The van der Waals surface area contributed by atoms with Crippen LogP contribution in [0.5, 0.6) is 0 Å². The normalized spacial score (nSPS) is 15.0. The Morgan fingerprint density at radius 3 is 2.42 bits per heavy atom. The molecule has 1 saturated heterocycles. The van der Waals surface area contributed by atoms with Gasteiger partial charge in [-0.2, -0.15) is 0 Å². The van der Waals surface area contributed by atoms with E-state index in [9.17, 15) is 14.4 Å². The molecule has 4 rings (SSSR count). The van der Waals surface area contributed by atoms with Gasteiger partial charge >= 0.3 is 5.69 Å². The SMILES string of the molecule is Cc1cccc(Cn2c(CN3CCN(C(=O)I)CC3)nc3c2c(=O)n(C)c(=O)n3C)c1. The summed E-state index contributed by atoms with van der Waals surface area (Å²) >= 11 is 1.82. The summed E-state index contributed by atoms with van der Waals surface area (Å²) in [7, 11) is 3.14. The molecule has 9 nitrogen and oxygen atoms in total. The first-order chi connectivity index (χ1) is 14.8. The fourth-order valence-electron chi connectivity index (χ4n) is 4.06. The van der Waals surface area contributed by atoms with Crippen LogP contribution in [0.4, 0.5) is 4.79 Å². The topological polar surface area (TPSA) is 85.4 Å². The summed E-state index contributed by atoms with van der Waals surface area (Å²) in [6, 6.07) is 8.15. The van der Waals surface area contributed by atoms with Crippen LogP contribution in [0.2, 0.25) is 0 Å². The molecule has 0 spiro atoms. The van der Waals surface area contributed by atoms with E-state index < -0.39 is 5.69 Å². The first-order valence-electron chi connectivity index (χ1n) is 10.1. The lowest BCUT2D eigenvalue weighted by molar-refractivity contribution is 0.148. The molecule has 10 heteroatoms. The van der Waals surface area contributed by atoms with E-state index in [0.29, 0.717) is 37.3 Å². The molecule has 0 aliphatic carbocycles. The van der Waals surface area contributed by atoms with Gasteiger partial charge in [0.2, 0.25) is 0 Å². The van der Waals surface area contributed by atoms with Crippen LogP contribution >= 0.6 is 22.6 Å². The summed E-state index contributed by atoms with van der Waals surface area (Å²) in [5, 5.41) is 0. The minimum absolute atomic E-state index is 0.0578. The predicted octanol–water partition coefficient (Wildman–Crippen LogP) is 1.46. The number of benzene rings is 1. The van der Waals surface area contributed by atoms with E-state index in [4.69, 9.17) is 4.98 Å². The van der Waals surface area contributed by atoms with Crippen LogP contribution in [-0.4, -0.2) is 58.6 Å². The number of halogens is 1. The van der Waals surface area contributed by atoms with Gasteiger partial charge in [0, 0.05) is 69.4 Å². The third kappa shape index (κ3) is 4.18. The van der Waals surface area contributed by atoms with Gasteiger partial charge in [0.1, 0.15) is 5.82 Å². The van der Waals surface area contributed by atoms with E-state index in [0.717, 1.165) is 34.6 Å². The van der Waals surface area contributed by atoms with Crippen LogP contribution in [0.3, 0.4) is 0 Å². The first kappa shape index (κ1) is 21.8. The molecule has 2 aromatic heterocycles. The minimum atomic E-state index is -0.390. The summed E-state index contributed by atoms with van der Waals surface area (Å²) in [4.78, 5) is 45.9. The molecule has 164 valence electrons. The largest absolute Gasteiger partial charge is 0.332 e. The van der Waals surface area contributed by atoms with Crippen LogP contribution in [0.1, 0.15) is 17.0 Å². The summed E-state index contributed by atoms with van der Waals surface area (Å²) in [5.41, 5.74) is 2.31. The molecule has 31 heavy (non-hydrogen) atoms. The van der Waals surface area contributed by atoms with Crippen molar-refractivity contribution in [3.63, 3.8) is 0 Å². The van der Waals surface area contributed by atoms with Gasteiger partial charge in [0.15, 0.2) is 11.2 Å². The number of carbonyl (C=O) groups is 1. The van der Waals surface area contributed by atoms with Crippen molar-refractivity contribution in [3.8, 4) is 0 Å². The molecule has 0 atom stereocenters. The third-order valence-electron chi connectivity index (χ3n) is 5.84. The molecule has 0 saturated carbocycles.